The van der Waals surface area contributed by atoms with E-state index >= 15 is 0 Å². The smallest absolute Gasteiger partial charge is 0.311 e. The topological polar surface area (TPSA) is 80.9 Å². The van der Waals surface area contributed by atoms with Crippen LogP contribution in [0.1, 0.15) is 29.5 Å². The van der Waals surface area contributed by atoms with E-state index in [0.717, 1.165) is 16.7 Å². The average Bonchev–Trinajstić information content (AvgIpc) is 3.03. The van der Waals surface area contributed by atoms with E-state index in [9.17, 15) is 9.90 Å². The molecule has 6 heteroatoms. The number of carboxylic acid groups (broad SMARTS) is 1. The molecule has 2 aromatic rings. The van der Waals surface area contributed by atoms with Crippen molar-refractivity contribution in [2.24, 2.45) is 5.41 Å². The molecule has 1 N–H and O–H groups in total. The van der Waals surface area contributed by atoms with Crippen LogP contribution in [0.5, 0.6) is 0 Å². The Bertz CT molecular complexity index is 693. The summed E-state index contributed by atoms with van der Waals surface area (Å²) in [5, 5.41) is 21.2. The van der Waals surface area contributed by atoms with Crippen LogP contribution in [-0.4, -0.2) is 31.3 Å². The van der Waals surface area contributed by atoms with E-state index in [1.54, 1.807) is 4.68 Å². The molecular formula is C15H18N4O2. The van der Waals surface area contributed by atoms with E-state index < -0.39 is 11.4 Å². The molecule has 0 atom stereocenters. The summed E-state index contributed by atoms with van der Waals surface area (Å²) < 4.78 is 1.63. The summed E-state index contributed by atoms with van der Waals surface area (Å²) >= 11 is 0. The van der Waals surface area contributed by atoms with Crippen LogP contribution in [0.25, 0.3) is 11.4 Å². The Balaban J connectivity index is 2.02. The fraction of sp³-hybridized carbons (Fsp3) is 0.467. The highest BCUT2D eigenvalue weighted by Gasteiger charge is 2.51. The Morgan fingerprint density at radius 3 is 2.43 bits per heavy atom. The summed E-state index contributed by atoms with van der Waals surface area (Å²) in [6.45, 7) is 6.44. The van der Waals surface area contributed by atoms with E-state index in [-0.39, 0.29) is 0 Å². The molecule has 110 valence electrons. The maximum Gasteiger partial charge on any atom is 0.311 e. The lowest BCUT2D eigenvalue weighted by atomic mass is 9.99. The minimum atomic E-state index is -0.763. The van der Waals surface area contributed by atoms with Gasteiger partial charge in [-0.3, -0.25) is 4.79 Å². The molecule has 21 heavy (non-hydrogen) atoms. The lowest BCUT2D eigenvalue weighted by Crippen LogP contribution is -2.23. The number of nitrogens with zero attached hydrogens (tertiary/aromatic N) is 4. The monoisotopic (exact) mass is 286 g/mol. The van der Waals surface area contributed by atoms with Gasteiger partial charge in [-0.05, 0) is 55.2 Å². The highest BCUT2D eigenvalue weighted by molar-refractivity contribution is 5.77. The molecule has 1 aliphatic rings. The van der Waals surface area contributed by atoms with Crippen LogP contribution < -0.4 is 0 Å². The Morgan fingerprint density at radius 1 is 1.29 bits per heavy atom. The Morgan fingerprint density at radius 2 is 1.90 bits per heavy atom. The number of aliphatic carboxylic acids is 1. The van der Waals surface area contributed by atoms with Crippen molar-refractivity contribution in [3.05, 3.63) is 28.8 Å². The van der Waals surface area contributed by atoms with E-state index in [0.29, 0.717) is 25.2 Å². The van der Waals surface area contributed by atoms with Crippen molar-refractivity contribution in [2.45, 2.75) is 40.2 Å². The predicted molar refractivity (Wildman–Crippen MR) is 76.8 cm³/mol. The van der Waals surface area contributed by atoms with Crippen molar-refractivity contribution in [2.75, 3.05) is 0 Å². The Kier molecular flexibility index (Phi) is 3.04. The van der Waals surface area contributed by atoms with E-state index in [2.05, 4.69) is 34.6 Å². The zero-order valence-electron chi connectivity index (χ0n) is 12.4. The third-order valence-corrected chi connectivity index (χ3v) is 4.19. The lowest BCUT2D eigenvalue weighted by Gasteiger charge is -2.14. The summed E-state index contributed by atoms with van der Waals surface area (Å²) in [5.74, 6) is -0.112. The maximum atomic E-state index is 11.4. The van der Waals surface area contributed by atoms with Gasteiger partial charge in [0.25, 0.3) is 0 Å². The summed E-state index contributed by atoms with van der Waals surface area (Å²) in [4.78, 5) is 11.4. The fourth-order valence-electron chi connectivity index (χ4n) is 2.90. The van der Waals surface area contributed by atoms with Crippen molar-refractivity contribution in [1.82, 2.24) is 20.2 Å². The van der Waals surface area contributed by atoms with Crippen LogP contribution >= 0.6 is 0 Å². The second-order valence-corrected chi connectivity index (χ2v) is 6.02. The molecule has 1 aromatic heterocycles. The number of rotatable bonds is 4. The minimum Gasteiger partial charge on any atom is -0.481 e. The van der Waals surface area contributed by atoms with Gasteiger partial charge in [0.2, 0.25) is 0 Å². The fourth-order valence-corrected chi connectivity index (χ4v) is 2.90. The first-order chi connectivity index (χ1) is 9.93. The molecule has 0 unspecified atom stereocenters. The number of tetrazole rings is 1. The first-order valence-electron chi connectivity index (χ1n) is 7.01. The van der Waals surface area contributed by atoms with Crippen molar-refractivity contribution in [3.63, 3.8) is 0 Å². The van der Waals surface area contributed by atoms with E-state index in [1.807, 2.05) is 13.8 Å². The lowest BCUT2D eigenvalue weighted by molar-refractivity contribution is -0.144. The number of hydrogen-bond donors (Lipinski definition) is 1. The molecule has 0 spiro atoms. The highest BCUT2D eigenvalue weighted by atomic mass is 16.4. The van der Waals surface area contributed by atoms with Crippen LogP contribution in [0, 0.1) is 26.2 Å². The molecular weight excluding hydrogens is 268 g/mol. The summed E-state index contributed by atoms with van der Waals surface area (Å²) in [6, 6.07) is 4.18. The summed E-state index contributed by atoms with van der Waals surface area (Å²) in [6.07, 6.45) is 1.38. The molecule has 6 nitrogen and oxygen atoms in total. The van der Waals surface area contributed by atoms with Crippen molar-refractivity contribution >= 4 is 5.97 Å². The van der Waals surface area contributed by atoms with Gasteiger partial charge in [-0.15, -0.1) is 5.10 Å². The quantitative estimate of drug-likeness (QED) is 0.931. The normalized spacial score (nSPS) is 16.0. The van der Waals surface area contributed by atoms with Gasteiger partial charge in [0, 0.05) is 5.56 Å². The van der Waals surface area contributed by atoms with Gasteiger partial charge in [-0.25, -0.2) is 4.68 Å². The zero-order valence-corrected chi connectivity index (χ0v) is 12.4. The van der Waals surface area contributed by atoms with Crippen molar-refractivity contribution in [1.29, 1.82) is 0 Å². The minimum absolute atomic E-state index is 0.331. The van der Waals surface area contributed by atoms with Gasteiger partial charge >= 0.3 is 5.97 Å². The molecule has 0 saturated heterocycles. The largest absolute Gasteiger partial charge is 0.481 e. The number of carbonyl (C=O) groups is 1. The molecule has 1 heterocycles. The van der Waals surface area contributed by atoms with Gasteiger partial charge in [0.1, 0.15) is 0 Å². The summed E-state index contributed by atoms with van der Waals surface area (Å²) in [7, 11) is 0. The highest BCUT2D eigenvalue weighted by Crippen LogP contribution is 2.47. The van der Waals surface area contributed by atoms with E-state index in [1.165, 1.54) is 5.56 Å². The number of aryl methyl sites for hydroxylation is 3. The number of aromatic nitrogens is 4. The average molecular weight is 286 g/mol. The number of carboxylic acids is 1. The summed E-state index contributed by atoms with van der Waals surface area (Å²) in [5.41, 5.74) is 3.70. The molecule has 1 aromatic carbocycles. The van der Waals surface area contributed by atoms with Gasteiger partial charge in [-0.1, -0.05) is 17.7 Å². The zero-order chi connectivity index (χ0) is 15.2. The first kappa shape index (κ1) is 13.7. The number of hydrogen-bond acceptors (Lipinski definition) is 4. The molecule has 0 radical (unpaired) electrons. The third-order valence-electron chi connectivity index (χ3n) is 4.19. The number of benzene rings is 1. The van der Waals surface area contributed by atoms with Gasteiger partial charge in [-0.2, -0.15) is 0 Å². The first-order valence-corrected chi connectivity index (χ1v) is 7.01. The molecule has 1 fully saturated rings. The second kappa shape index (κ2) is 4.65. The second-order valence-electron chi connectivity index (χ2n) is 6.02. The van der Waals surface area contributed by atoms with E-state index in [4.69, 9.17) is 0 Å². The van der Waals surface area contributed by atoms with Gasteiger partial charge < -0.3 is 5.11 Å². The molecule has 0 aliphatic heterocycles. The van der Waals surface area contributed by atoms with Gasteiger partial charge in [0.05, 0.1) is 12.0 Å². The van der Waals surface area contributed by atoms with Crippen molar-refractivity contribution < 1.29 is 9.90 Å². The molecule has 3 rings (SSSR count). The molecule has 1 saturated carbocycles. The molecule has 1 aliphatic carbocycles. The SMILES string of the molecule is Cc1cc(C)c(-c2nnnn2CC2(C(=O)O)CC2)c(C)c1. The van der Waals surface area contributed by atoms with Crippen LogP contribution in [0.4, 0.5) is 0 Å². The van der Waals surface area contributed by atoms with Crippen LogP contribution in [0.3, 0.4) is 0 Å². The Labute approximate surface area is 122 Å². The Hall–Kier alpha value is -2.24. The third kappa shape index (κ3) is 2.30. The van der Waals surface area contributed by atoms with Crippen LogP contribution in [0.2, 0.25) is 0 Å². The van der Waals surface area contributed by atoms with Crippen LogP contribution in [0.15, 0.2) is 12.1 Å². The predicted octanol–water partition coefficient (Wildman–Crippen LogP) is 2.13. The molecule has 0 amide bonds. The van der Waals surface area contributed by atoms with Crippen LogP contribution in [-0.2, 0) is 11.3 Å². The van der Waals surface area contributed by atoms with Gasteiger partial charge in [0.15, 0.2) is 5.82 Å². The van der Waals surface area contributed by atoms with Crippen molar-refractivity contribution in [3.8, 4) is 11.4 Å². The molecule has 0 bridgehead atoms. The standard InChI is InChI=1S/C15H18N4O2/c1-9-6-10(2)12(11(3)7-9)13-16-17-18-19(13)8-15(4-5-15)14(20)21/h6-7H,4-5,8H2,1-3H3,(H,20,21). The maximum absolute atomic E-state index is 11.4.